The minimum atomic E-state index is 1.12. The van der Waals surface area contributed by atoms with E-state index in [-0.39, 0.29) is 0 Å². The summed E-state index contributed by atoms with van der Waals surface area (Å²) in [5.41, 5.74) is 11.8. The Kier molecular flexibility index (Phi) is 7.04. The van der Waals surface area contributed by atoms with E-state index < -0.39 is 0 Å². The first-order valence-corrected chi connectivity index (χ1v) is 18.2. The number of hydrogen-bond acceptors (Lipinski definition) is 2. The molecule has 10 rings (SSSR count). The van der Waals surface area contributed by atoms with Gasteiger partial charge < -0.3 is 9.47 Å². The van der Waals surface area contributed by atoms with Crippen LogP contribution >= 0.6 is 11.3 Å². The predicted octanol–water partition coefficient (Wildman–Crippen LogP) is 14.0. The van der Waals surface area contributed by atoms with E-state index in [4.69, 9.17) is 0 Å². The first-order chi connectivity index (χ1) is 25.3. The molecular formula is C48H32N2S. The molecule has 0 saturated heterocycles. The smallest absolute Gasteiger partial charge is 0.0619 e. The van der Waals surface area contributed by atoms with Crippen molar-refractivity contribution in [3.05, 3.63) is 194 Å². The van der Waals surface area contributed by atoms with Gasteiger partial charge in [-0.05, 0) is 89.5 Å². The average Bonchev–Trinajstić information content (AvgIpc) is 3.75. The van der Waals surface area contributed by atoms with Gasteiger partial charge in [0.1, 0.15) is 0 Å². The van der Waals surface area contributed by atoms with Gasteiger partial charge in [0.2, 0.25) is 0 Å². The van der Waals surface area contributed by atoms with Gasteiger partial charge in [-0.1, -0.05) is 121 Å². The molecular weight excluding hydrogens is 637 g/mol. The number of nitrogens with zero attached hydrogens (tertiary/aromatic N) is 2. The Morgan fingerprint density at radius 2 is 1.06 bits per heavy atom. The zero-order chi connectivity index (χ0) is 33.7. The molecule has 0 aliphatic carbocycles. The molecule has 0 amide bonds. The molecule has 0 aliphatic rings. The SMILES string of the molecule is c1ccc(-c2cc(-c3ccccc3)c3c(c2)c2cc(N(c4ccccc4)c4cccc5sc6ccccc6c45)ccc2n3-c2ccccc2)cc1. The summed E-state index contributed by atoms with van der Waals surface area (Å²) in [7, 11) is 0. The highest BCUT2D eigenvalue weighted by atomic mass is 32.1. The third-order valence-electron chi connectivity index (χ3n) is 9.95. The number of para-hydroxylation sites is 2. The highest BCUT2D eigenvalue weighted by Gasteiger charge is 2.22. The van der Waals surface area contributed by atoms with Crippen LogP contribution in [0.2, 0.25) is 0 Å². The van der Waals surface area contributed by atoms with E-state index in [9.17, 15) is 0 Å². The quantitative estimate of drug-likeness (QED) is 0.171. The molecule has 0 radical (unpaired) electrons. The van der Waals surface area contributed by atoms with Crippen LogP contribution in [0.4, 0.5) is 17.1 Å². The highest BCUT2D eigenvalue weighted by Crippen LogP contribution is 2.47. The van der Waals surface area contributed by atoms with Crippen LogP contribution in [0.25, 0.3) is 69.9 Å². The molecule has 0 spiro atoms. The number of rotatable bonds is 6. The van der Waals surface area contributed by atoms with E-state index in [1.165, 1.54) is 69.9 Å². The summed E-state index contributed by atoms with van der Waals surface area (Å²) >= 11 is 1.86. The molecule has 0 aliphatic heterocycles. The fraction of sp³-hybridized carbons (Fsp3) is 0. The average molecular weight is 669 g/mol. The maximum Gasteiger partial charge on any atom is 0.0619 e. The number of thiophene rings is 1. The normalized spacial score (nSPS) is 11.5. The van der Waals surface area contributed by atoms with Crippen molar-refractivity contribution in [2.24, 2.45) is 0 Å². The molecule has 240 valence electrons. The molecule has 0 bridgehead atoms. The summed E-state index contributed by atoms with van der Waals surface area (Å²) < 4.78 is 5.04. The number of benzene rings is 8. The van der Waals surface area contributed by atoms with Crippen molar-refractivity contribution in [3.8, 4) is 27.9 Å². The maximum atomic E-state index is 2.45. The Morgan fingerprint density at radius 3 is 1.82 bits per heavy atom. The largest absolute Gasteiger partial charge is 0.310 e. The van der Waals surface area contributed by atoms with E-state index >= 15 is 0 Å². The van der Waals surface area contributed by atoms with Gasteiger partial charge in [-0.2, -0.15) is 0 Å². The summed E-state index contributed by atoms with van der Waals surface area (Å²) in [6.45, 7) is 0. The Balaban J connectivity index is 1.31. The molecule has 0 N–H and O–H groups in total. The first kappa shape index (κ1) is 29.5. The Hall–Kier alpha value is -6.42. The molecule has 3 heteroatoms. The van der Waals surface area contributed by atoms with E-state index in [1.807, 2.05) is 11.3 Å². The van der Waals surface area contributed by atoms with Gasteiger partial charge in [0.05, 0.1) is 16.7 Å². The molecule has 0 unspecified atom stereocenters. The van der Waals surface area contributed by atoms with Crippen molar-refractivity contribution in [3.63, 3.8) is 0 Å². The number of hydrogen-bond donors (Lipinski definition) is 0. The predicted molar refractivity (Wildman–Crippen MR) is 219 cm³/mol. The molecule has 0 fully saturated rings. The van der Waals surface area contributed by atoms with Gasteiger partial charge >= 0.3 is 0 Å². The second kappa shape index (κ2) is 12.2. The number of fused-ring (bicyclic) bond motifs is 6. The van der Waals surface area contributed by atoms with Crippen LogP contribution in [0.15, 0.2) is 194 Å². The first-order valence-electron chi connectivity index (χ1n) is 17.4. The van der Waals surface area contributed by atoms with Gasteiger partial charge in [0.15, 0.2) is 0 Å². The molecule has 0 atom stereocenters. The van der Waals surface area contributed by atoms with Crippen LogP contribution in [0.5, 0.6) is 0 Å². The van der Waals surface area contributed by atoms with Gasteiger partial charge in [-0.15, -0.1) is 11.3 Å². The molecule has 2 heterocycles. The number of aromatic nitrogens is 1. The lowest BCUT2D eigenvalue weighted by Crippen LogP contribution is -2.10. The summed E-state index contributed by atoms with van der Waals surface area (Å²) in [6.07, 6.45) is 0. The third kappa shape index (κ3) is 4.93. The minimum absolute atomic E-state index is 1.12. The van der Waals surface area contributed by atoms with Gasteiger partial charge in [0, 0.05) is 53.6 Å². The van der Waals surface area contributed by atoms with Crippen LogP contribution in [-0.2, 0) is 0 Å². The lowest BCUT2D eigenvalue weighted by Gasteiger charge is -2.26. The van der Waals surface area contributed by atoms with Crippen molar-refractivity contribution in [2.75, 3.05) is 4.90 Å². The van der Waals surface area contributed by atoms with E-state index in [1.54, 1.807) is 0 Å². The van der Waals surface area contributed by atoms with Crippen LogP contribution in [0, 0.1) is 0 Å². The van der Waals surface area contributed by atoms with Gasteiger partial charge in [-0.25, -0.2) is 0 Å². The van der Waals surface area contributed by atoms with Gasteiger partial charge in [0.25, 0.3) is 0 Å². The lowest BCUT2D eigenvalue weighted by molar-refractivity contribution is 1.18. The maximum absolute atomic E-state index is 2.45. The van der Waals surface area contributed by atoms with Crippen molar-refractivity contribution in [2.45, 2.75) is 0 Å². The summed E-state index contributed by atoms with van der Waals surface area (Å²) in [5.74, 6) is 0. The zero-order valence-electron chi connectivity index (χ0n) is 27.8. The van der Waals surface area contributed by atoms with Crippen molar-refractivity contribution in [1.29, 1.82) is 0 Å². The minimum Gasteiger partial charge on any atom is -0.310 e. The Morgan fingerprint density at radius 1 is 0.412 bits per heavy atom. The monoisotopic (exact) mass is 668 g/mol. The topological polar surface area (TPSA) is 8.17 Å². The fourth-order valence-corrected chi connectivity index (χ4v) is 8.83. The third-order valence-corrected chi connectivity index (χ3v) is 11.1. The lowest BCUT2D eigenvalue weighted by atomic mass is 9.95. The fourth-order valence-electron chi connectivity index (χ4n) is 7.70. The zero-order valence-corrected chi connectivity index (χ0v) is 28.6. The molecule has 51 heavy (non-hydrogen) atoms. The van der Waals surface area contributed by atoms with Crippen molar-refractivity contribution in [1.82, 2.24) is 4.57 Å². The summed E-state index contributed by atoms with van der Waals surface area (Å²) in [4.78, 5) is 2.44. The van der Waals surface area contributed by atoms with Crippen LogP contribution in [0.1, 0.15) is 0 Å². The van der Waals surface area contributed by atoms with Crippen molar-refractivity contribution < 1.29 is 0 Å². The second-order valence-electron chi connectivity index (χ2n) is 12.9. The summed E-state index contributed by atoms with van der Waals surface area (Å²) in [6, 6.07) is 70.4. The Bertz CT molecular complexity index is 2840. The van der Waals surface area contributed by atoms with Crippen LogP contribution in [0.3, 0.4) is 0 Å². The molecule has 0 saturated carbocycles. The van der Waals surface area contributed by atoms with E-state index in [0.717, 1.165) is 17.1 Å². The van der Waals surface area contributed by atoms with E-state index in [2.05, 4.69) is 204 Å². The summed E-state index contributed by atoms with van der Waals surface area (Å²) in [5, 5.41) is 5.01. The molecule has 2 nitrogen and oxygen atoms in total. The molecule has 2 aromatic heterocycles. The van der Waals surface area contributed by atoms with Crippen molar-refractivity contribution >= 4 is 70.4 Å². The molecule has 10 aromatic rings. The molecule has 8 aromatic carbocycles. The van der Waals surface area contributed by atoms with Gasteiger partial charge in [-0.3, -0.25) is 0 Å². The Labute approximate surface area is 300 Å². The van der Waals surface area contributed by atoms with Crippen LogP contribution in [-0.4, -0.2) is 4.57 Å². The second-order valence-corrected chi connectivity index (χ2v) is 14.0. The highest BCUT2D eigenvalue weighted by molar-refractivity contribution is 7.26. The van der Waals surface area contributed by atoms with E-state index in [0.29, 0.717) is 0 Å². The standard InChI is InChI=1S/C48H32N2S/c1-5-16-33(17-6-1)35-30-40(34-18-7-2-8-19-34)48-42(31-35)41-32-38(28-29-43(41)50(48)37-22-11-4-12-23-37)49(36-20-9-3-10-21-36)44-25-15-27-46-47(44)39-24-13-14-26-45(39)51-46/h1-32H. The number of anilines is 3. The van der Waals surface area contributed by atoms with Crippen LogP contribution < -0.4 is 4.90 Å².